The van der Waals surface area contributed by atoms with Gasteiger partial charge in [-0.25, -0.2) is 4.98 Å². The highest BCUT2D eigenvalue weighted by Gasteiger charge is 2.08. The van der Waals surface area contributed by atoms with Gasteiger partial charge in [0.15, 0.2) is 5.82 Å². The number of nitrogens with zero attached hydrogens (tertiary/aromatic N) is 2. The largest absolute Gasteiger partial charge is 0.495 e. The lowest BCUT2D eigenvalue weighted by Crippen LogP contribution is -2.06. The van der Waals surface area contributed by atoms with E-state index in [1.54, 1.807) is 13.3 Å². The van der Waals surface area contributed by atoms with Crippen molar-refractivity contribution in [3.63, 3.8) is 0 Å². The summed E-state index contributed by atoms with van der Waals surface area (Å²) in [5.41, 5.74) is 0.803. The number of hydrogen-bond donors (Lipinski definition) is 2. The summed E-state index contributed by atoms with van der Waals surface area (Å²) in [7, 11) is 1.62. The van der Waals surface area contributed by atoms with Crippen LogP contribution >= 0.6 is 11.6 Å². The minimum Gasteiger partial charge on any atom is -0.495 e. The quantitative estimate of drug-likeness (QED) is 0.850. The van der Waals surface area contributed by atoms with Crippen molar-refractivity contribution in [3.05, 3.63) is 35.5 Å². The van der Waals surface area contributed by atoms with Crippen LogP contribution in [0.2, 0.25) is 5.02 Å². The van der Waals surface area contributed by atoms with Gasteiger partial charge in [-0.3, -0.25) is 0 Å². The molecule has 0 aliphatic heterocycles. The van der Waals surface area contributed by atoms with Crippen LogP contribution in [0.5, 0.6) is 5.75 Å². The minimum atomic E-state index is 0.456. The molecule has 0 saturated heterocycles. The maximum Gasteiger partial charge on any atom is 0.224 e. The fourth-order valence-electron chi connectivity index (χ4n) is 1.65. The van der Waals surface area contributed by atoms with E-state index in [0.29, 0.717) is 16.8 Å². The number of hydrogen-bond acceptors (Lipinski definition) is 5. The normalized spacial score (nSPS) is 10.2. The Morgan fingerprint density at radius 1 is 1.30 bits per heavy atom. The van der Waals surface area contributed by atoms with Crippen LogP contribution in [0.25, 0.3) is 0 Å². The van der Waals surface area contributed by atoms with Crippen molar-refractivity contribution in [2.24, 2.45) is 0 Å². The smallest absolute Gasteiger partial charge is 0.224 e. The molecule has 0 aliphatic rings. The zero-order valence-corrected chi connectivity index (χ0v) is 12.2. The third-order valence-electron chi connectivity index (χ3n) is 2.64. The topological polar surface area (TPSA) is 59.1 Å². The van der Waals surface area contributed by atoms with Gasteiger partial charge in [-0.1, -0.05) is 30.7 Å². The third kappa shape index (κ3) is 3.51. The second-order valence-corrected chi connectivity index (χ2v) is 4.55. The molecular formula is C14H17ClN4O. The Balaban J connectivity index is 2.23. The van der Waals surface area contributed by atoms with E-state index in [9.17, 15) is 0 Å². The number of para-hydroxylation sites is 2. The van der Waals surface area contributed by atoms with Crippen LogP contribution in [0.15, 0.2) is 30.5 Å². The molecule has 106 valence electrons. The number of methoxy groups -OCH3 is 1. The number of nitrogens with one attached hydrogen (secondary N) is 2. The monoisotopic (exact) mass is 292 g/mol. The number of rotatable bonds is 6. The van der Waals surface area contributed by atoms with Gasteiger partial charge < -0.3 is 15.4 Å². The molecule has 0 fully saturated rings. The molecule has 0 aliphatic carbocycles. The molecule has 6 heteroatoms. The Morgan fingerprint density at radius 3 is 2.85 bits per heavy atom. The molecule has 0 saturated carbocycles. The zero-order valence-electron chi connectivity index (χ0n) is 11.5. The van der Waals surface area contributed by atoms with Gasteiger partial charge in [-0.2, -0.15) is 4.98 Å². The summed E-state index contributed by atoms with van der Waals surface area (Å²) >= 11 is 6.12. The first-order valence-electron chi connectivity index (χ1n) is 6.41. The average molecular weight is 293 g/mol. The minimum absolute atomic E-state index is 0.456. The van der Waals surface area contributed by atoms with Gasteiger partial charge in [-0.15, -0.1) is 0 Å². The molecule has 0 unspecified atom stereocenters. The molecule has 1 aromatic heterocycles. The van der Waals surface area contributed by atoms with Crippen LogP contribution in [0.1, 0.15) is 13.3 Å². The predicted octanol–water partition coefficient (Wildman–Crippen LogP) is 3.70. The van der Waals surface area contributed by atoms with Crippen LogP contribution in [-0.4, -0.2) is 23.6 Å². The first-order chi connectivity index (χ1) is 9.74. The molecule has 0 radical (unpaired) electrons. The molecule has 2 rings (SSSR count). The summed E-state index contributed by atoms with van der Waals surface area (Å²) < 4.78 is 5.29. The molecule has 20 heavy (non-hydrogen) atoms. The molecule has 1 heterocycles. The van der Waals surface area contributed by atoms with Crippen LogP contribution in [0.4, 0.5) is 17.5 Å². The Labute approximate surface area is 123 Å². The lowest BCUT2D eigenvalue weighted by atomic mass is 10.3. The maximum atomic E-state index is 6.12. The number of anilines is 3. The van der Waals surface area contributed by atoms with E-state index in [4.69, 9.17) is 16.3 Å². The van der Waals surface area contributed by atoms with E-state index >= 15 is 0 Å². The van der Waals surface area contributed by atoms with Crippen molar-refractivity contribution in [2.75, 3.05) is 24.3 Å². The van der Waals surface area contributed by atoms with Crippen molar-refractivity contribution < 1.29 is 4.74 Å². The second-order valence-electron chi connectivity index (χ2n) is 4.14. The highest BCUT2D eigenvalue weighted by molar-refractivity contribution is 6.32. The van der Waals surface area contributed by atoms with Crippen molar-refractivity contribution in [2.45, 2.75) is 13.3 Å². The predicted molar refractivity (Wildman–Crippen MR) is 82.1 cm³/mol. The molecule has 5 nitrogen and oxygen atoms in total. The Morgan fingerprint density at radius 2 is 2.10 bits per heavy atom. The number of ether oxygens (including phenoxy) is 1. The number of benzene rings is 1. The summed E-state index contributed by atoms with van der Waals surface area (Å²) in [5.74, 6) is 1.82. The van der Waals surface area contributed by atoms with Gasteiger partial charge in [0.25, 0.3) is 0 Å². The molecule has 0 spiro atoms. The van der Waals surface area contributed by atoms with Gasteiger partial charge in [0.05, 0.1) is 19.0 Å². The highest BCUT2D eigenvalue weighted by Crippen LogP contribution is 2.29. The van der Waals surface area contributed by atoms with Gasteiger partial charge >= 0.3 is 0 Å². The fourth-order valence-corrected chi connectivity index (χ4v) is 1.79. The summed E-state index contributed by atoms with van der Waals surface area (Å²) in [6, 6.07) is 7.58. The summed E-state index contributed by atoms with van der Waals surface area (Å²) in [6.07, 6.45) is 2.57. The van der Waals surface area contributed by atoms with E-state index in [1.165, 1.54) is 0 Å². The van der Waals surface area contributed by atoms with Crippen LogP contribution in [-0.2, 0) is 0 Å². The lowest BCUT2D eigenvalue weighted by molar-refractivity contribution is 0.417. The molecule has 1 aromatic carbocycles. The zero-order chi connectivity index (χ0) is 14.4. The summed E-state index contributed by atoms with van der Waals surface area (Å²) in [4.78, 5) is 8.49. The molecule has 2 N–H and O–H groups in total. The molecule has 0 bridgehead atoms. The van der Waals surface area contributed by atoms with Crippen molar-refractivity contribution >= 4 is 29.1 Å². The first kappa shape index (κ1) is 14.4. The number of halogens is 1. The Kier molecular flexibility index (Phi) is 5.01. The maximum absolute atomic E-state index is 6.12. The molecule has 0 amide bonds. The third-order valence-corrected chi connectivity index (χ3v) is 2.91. The van der Waals surface area contributed by atoms with Crippen molar-refractivity contribution in [3.8, 4) is 5.75 Å². The van der Waals surface area contributed by atoms with Crippen LogP contribution < -0.4 is 15.4 Å². The SMILES string of the molecule is CCCNc1ncc(Cl)c(Nc2ccccc2OC)n1. The number of aromatic nitrogens is 2. The van der Waals surface area contributed by atoms with Crippen LogP contribution in [0, 0.1) is 0 Å². The van der Waals surface area contributed by atoms with Crippen molar-refractivity contribution in [1.29, 1.82) is 0 Å². The molecular weight excluding hydrogens is 276 g/mol. The van der Waals surface area contributed by atoms with E-state index in [0.717, 1.165) is 24.4 Å². The van der Waals surface area contributed by atoms with E-state index in [-0.39, 0.29) is 0 Å². The van der Waals surface area contributed by atoms with E-state index < -0.39 is 0 Å². The standard InChI is InChI=1S/C14H17ClN4O/c1-3-8-16-14-17-9-10(15)13(19-14)18-11-6-4-5-7-12(11)20-2/h4-7,9H,3,8H2,1-2H3,(H2,16,17,18,19). The van der Waals surface area contributed by atoms with Gasteiger partial charge in [0.1, 0.15) is 10.8 Å². The van der Waals surface area contributed by atoms with E-state index in [1.807, 2.05) is 24.3 Å². The average Bonchev–Trinajstić information content (AvgIpc) is 2.48. The van der Waals surface area contributed by atoms with Gasteiger partial charge in [-0.05, 0) is 18.6 Å². The molecule has 2 aromatic rings. The van der Waals surface area contributed by atoms with Crippen molar-refractivity contribution in [1.82, 2.24) is 9.97 Å². The summed E-state index contributed by atoms with van der Waals surface area (Å²) in [5, 5.41) is 6.74. The van der Waals surface area contributed by atoms with Gasteiger partial charge in [0.2, 0.25) is 5.95 Å². The fraction of sp³-hybridized carbons (Fsp3) is 0.286. The van der Waals surface area contributed by atoms with Gasteiger partial charge in [0, 0.05) is 6.54 Å². The molecule has 0 atom stereocenters. The first-order valence-corrected chi connectivity index (χ1v) is 6.79. The lowest BCUT2D eigenvalue weighted by Gasteiger charge is -2.12. The highest BCUT2D eigenvalue weighted by atomic mass is 35.5. The second kappa shape index (κ2) is 6.96. The Bertz CT molecular complexity index is 577. The van der Waals surface area contributed by atoms with E-state index in [2.05, 4.69) is 27.5 Å². The Hall–Kier alpha value is -2.01. The summed E-state index contributed by atoms with van der Waals surface area (Å²) in [6.45, 7) is 2.90. The van der Waals surface area contributed by atoms with Crippen LogP contribution in [0.3, 0.4) is 0 Å².